The number of aryl methyl sites for hydroxylation is 1. The average molecular weight is 538 g/mol. The van der Waals surface area contributed by atoms with Gasteiger partial charge < -0.3 is 19.9 Å². The van der Waals surface area contributed by atoms with E-state index >= 15 is 0 Å². The fraction of sp³-hybridized carbons (Fsp3) is 0.500. The zero-order valence-corrected chi connectivity index (χ0v) is 19.5. The molecule has 0 spiro atoms. The molecule has 160 valence electrons. The Hall–Kier alpha value is -1.76. The number of guanidine groups is 1. The second-order valence-corrected chi connectivity index (χ2v) is 6.95. The van der Waals surface area contributed by atoms with E-state index in [9.17, 15) is 8.78 Å². The summed E-state index contributed by atoms with van der Waals surface area (Å²) in [7, 11) is 1.74. The normalized spacial score (nSPS) is 14.6. The van der Waals surface area contributed by atoms with E-state index in [0.717, 1.165) is 61.6 Å². The van der Waals surface area contributed by atoms with Gasteiger partial charge in [0.1, 0.15) is 18.2 Å². The number of halogens is 3. The van der Waals surface area contributed by atoms with Gasteiger partial charge in [-0.15, -0.1) is 24.0 Å². The number of nitrogens with zero attached hydrogens (tertiary/aromatic N) is 5. The smallest absolute Gasteiger partial charge is 0.205 e. The van der Waals surface area contributed by atoms with E-state index in [-0.39, 0.29) is 24.0 Å². The molecule has 11 heteroatoms. The van der Waals surface area contributed by atoms with Gasteiger partial charge in [-0.1, -0.05) is 6.92 Å². The minimum absolute atomic E-state index is 0. The number of piperazine rings is 1. The van der Waals surface area contributed by atoms with Gasteiger partial charge in [-0.2, -0.15) is 4.37 Å². The van der Waals surface area contributed by atoms with Crippen LogP contribution in [0.25, 0.3) is 0 Å². The molecule has 0 bridgehead atoms. The van der Waals surface area contributed by atoms with Crippen molar-refractivity contribution in [2.75, 3.05) is 51.3 Å². The monoisotopic (exact) mass is 538 g/mol. The van der Waals surface area contributed by atoms with Crippen LogP contribution < -0.4 is 15.0 Å². The molecule has 0 radical (unpaired) electrons. The maximum absolute atomic E-state index is 13.2. The number of nitrogens with one attached hydrogen (secondary N) is 1. The minimum atomic E-state index is -0.916. The first kappa shape index (κ1) is 23.5. The maximum Gasteiger partial charge on any atom is 0.205 e. The zero-order chi connectivity index (χ0) is 19.9. The van der Waals surface area contributed by atoms with Crippen LogP contribution in [-0.4, -0.2) is 66.6 Å². The van der Waals surface area contributed by atoms with Gasteiger partial charge in [-0.3, -0.25) is 4.99 Å². The van der Waals surface area contributed by atoms with Gasteiger partial charge in [0.15, 0.2) is 17.6 Å². The zero-order valence-electron chi connectivity index (χ0n) is 16.4. The summed E-state index contributed by atoms with van der Waals surface area (Å²) in [6, 6.07) is 3.50. The quantitative estimate of drug-likeness (QED) is 0.264. The molecular formula is C18H25F2IN6OS. The van der Waals surface area contributed by atoms with Crippen molar-refractivity contribution in [1.82, 2.24) is 19.6 Å². The highest BCUT2D eigenvalue weighted by Crippen LogP contribution is 2.19. The van der Waals surface area contributed by atoms with Gasteiger partial charge >= 0.3 is 0 Å². The third kappa shape index (κ3) is 6.36. The molecule has 1 fully saturated rings. The van der Waals surface area contributed by atoms with Crippen molar-refractivity contribution in [1.29, 1.82) is 0 Å². The number of benzene rings is 1. The second-order valence-electron chi connectivity index (χ2n) is 6.22. The molecular weight excluding hydrogens is 513 g/mol. The molecule has 1 aliphatic rings. The topological polar surface area (TPSA) is 65.9 Å². The van der Waals surface area contributed by atoms with Crippen LogP contribution in [0.4, 0.5) is 13.9 Å². The maximum atomic E-state index is 13.2. The van der Waals surface area contributed by atoms with Crippen LogP contribution in [-0.2, 0) is 6.42 Å². The van der Waals surface area contributed by atoms with Crippen molar-refractivity contribution in [2.45, 2.75) is 13.3 Å². The lowest BCUT2D eigenvalue weighted by Gasteiger charge is -2.36. The van der Waals surface area contributed by atoms with Crippen molar-refractivity contribution < 1.29 is 13.5 Å². The summed E-state index contributed by atoms with van der Waals surface area (Å²) in [6.45, 7) is 6.22. The summed E-state index contributed by atoms with van der Waals surface area (Å²) in [5, 5.41) is 4.21. The SMILES string of the molecule is CCc1nsc(N2CCN(C(=NC)NCCOc3ccc(F)c(F)c3)CC2)n1.I. The lowest BCUT2D eigenvalue weighted by Crippen LogP contribution is -2.53. The Balaban J connectivity index is 0.00000300. The minimum Gasteiger partial charge on any atom is -0.492 e. The molecule has 7 nitrogen and oxygen atoms in total. The Labute approximate surface area is 190 Å². The molecule has 1 aliphatic heterocycles. The number of aromatic nitrogens is 2. The largest absolute Gasteiger partial charge is 0.492 e. The highest BCUT2D eigenvalue weighted by atomic mass is 127. The molecule has 0 amide bonds. The van der Waals surface area contributed by atoms with E-state index in [1.165, 1.54) is 17.6 Å². The van der Waals surface area contributed by atoms with E-state index < -0.39 is 11.6 Å². The summed E-state index contributed by atoms with van der Waals surface area (Å²) >= 11 is 1.45. The molecule has 0 atom stereocenters. The predicted octanol–water partition coefficient (Wildman–Crippen LogP) is 2.77. The van der Waals surface area contributed by atoms with E-state index in [1.807, 2.05) is 0 Å². The van der Waals surface area contributed by atoms with Crippen LogP contribution in [0.5, 0.6) is 5.75 Å². The van der Waals surface area contributed by atoms with Gasteiger partial charge in [0.05, 0.1) is 6.54 Å². The Kier molecular flexibility index (Phi) is 9.27. The predicted molar refractivity (Wildman–Crippen MR) is 122 cm³/mol. The lowest BCUT2D eigenvalue weighted by atomic mass is 10.3. The highest BCUT2D eigenvalue weighted by molar-refractivity contribution is 14.0. The average Bonchev–Trinajstić information content (AvgIpc) is 3.20. The molecule has 2 heterocycles. The second kappa shape index (κ2) is 11.4. The fourth-order valence-electron chi connectivity index (χ4n) is 2.86. The number of rotatable bonds is 6. The van der Waals surface area contributed by atoms with Gasteiger partial charge in [0, 0.05) is 57.2 Å². The molecule has 0 unspecified atom stereocenters. The van der Waals surface area contributed by atoms with E-state index in [4.69, 9.17) is 4.74 Å². The summed E-state index contributed by atoms with van der Waals surface area (Å²) in [5.74, 6) is 0.180. The van der Waals surface area contributed by atoms with E-state index in [2.05, 4.69) is 36.4 Å². The van der Waals surface area contributed by atoms with Crippen molar-refractivity contribution >= 4 is 46.6 Å². The number of hydrogen-bond acceptors (Lipinski definition) is 6. The van der Waals surface area contributed by atoms with Crippen LogP contribution in [0.2, 0.25) is 0 Å². The van der Waals surface area contributed by atoms with Crippen molar-refractivity contribution in [3.05, 3.63) is 35.7 Å². The summed E-state index contributed by atoms with van der Waals surface area (Å²) in [6.07, 6.45) is 0.847. The first-order valence-electron chi connectivity index (χ1n) is 9.21. The molecule has 0 saturated carbocycles. The molecule has 1 N–H and O–H groups in total. The van der Waals surface area contributed by atoms with Gasteiger partial charge in [-0.25, -0.2) is 13.8 Å². The van der Waals surface area contributed by atoms with Crippen LogP contribution in [0.3, 0.4) is 0 Å². The number of hydrogen-bond donors (Lipinski definition) is 1. The Morgan fingerprint density at radius 1 is 1.24 bits per heavy atom. The van der Waals surface area contributed by atoms with Gasteiger partial charge in [-0.05, 0) is 12.1 Å². The Bertz CT molecular complexity index is 813. The molecule has 1 aromatic heterocycles. The Morgan fingerprint density at radius 2 is 2.00 bits per heavy atom. The van der Waals surface area contributed by atoms with E-state index in [1.54, 1.807) is 7.05 Å². The van der Waals surface area contributed by atoms with E-state index in [0.29, 0.717) is 18.9 Å². The first-order chi connectivity index (χ1) is 13.6. The first-order valence-corrected chi connectivity index (χ1v) is 9.99. The number of ether oxygens (including phenoxy) is 1. The summed E-state index contributed by atoms with van der Waals surface area (Å²) in [5.41, 5.74) is 0. The van der Waals surface area contributed by atoms with Crippen LogP contribution in [0.1, 0.15) is 12.7 Å². The van der Waals surface area contributed by atoms with Gasteiger partial charge in [0.2, 0.25) is 5.13 Å². The van der Waals surface area contributed by atoms with Crippen LogP contribution >= 0.6 is 35.5 Å². The molecule has 1 saturated heterocycles. The van der Waals surface area contributed by atoms with Crippen LogP contribution in [0.15, 0.2) is 23.2 Å². The standard InChI is InChI=1S/C18H24F2N6OS.HI/c1-3-16-23-18(28-24-16)26-9-7-25(8-10-26)17(21-2)22-6-11-27-13-4-5-14(19)15(20)12-13;/h4-5,12H,3,6-11H2,1-2H3,(H,21,22);1H. The fourth-order valence-corrected chi connectivity index (χ4v) is 3.66. The Morgan fingerprint density at radius 3 is 2.62 bits per heavy atom. The van der Waals surface area contributed by atoms with Crippen LogP contribution in [0, 0.1) is 11.6 Å². The van der Waals surface area contributed by atoms with Crippen molar-refractivity contribution in [3.8, 4) is 5.75 Å². The molecule has 0 aliphatic carbocycles. The summed E-state index contributed by atoms with van der Waals surface area (Å²) < 4.78 is 35.9. The highest BCUT2D eigenvalue weighted by Gasteiger charge is 2.21. The molecule has 29 heavy (non-hydrogen) atoms. The van der Waals surface area contributed by atoms with Crippen molar-refractivity contribution in [2.24, 2.45) is 4.99 Å². The third-order valence-electron chi connectivity index (χ3n) is 4.38. The summed E-state index contributed by atoms with van der Waals surface area (Å²) in [4.78, 5) is 13.3. The molecule has 1 aromatic carbocycles. The molecule has 2 aromatic rings. The molecule has 3 rings (SSSR count). The lowest BCUT2D eigenvalue weighted by molar-refractivity contribution is 0.312. The van der Waals surface area contributed by atoms with Crippen molar-refractivity contribution in [3.63, 3.8) is 0 Å². The van der Waals surface area contributed by atoms with Gasteiger partial charge in [0.25, 0.3) is 0 Å². The third-order valence-corrected chi connectivity index (χ3v) is 5.19. The number of anilines is 1. The number of aliphatic imine (C=N–C) groups is 1.